The van der Waals surface area contributed by atoms with Crippen molar-refractivity contribution in [3.05, 3.63) is 23.8 Å². The van der Waals surface area contributed by atoms with Gasteiger partial charge in [-0.15, -0.1) is 0 Å². The number of carbonyl (C=O) groups is 1. The van der Waals surface area contributed by atoms with E-state index in [1.54, 1.807) is 4.90 Å². The first-order valence-corrected chi connectivity index (χ1v) is 7.92. The Bertz CT molecular complexity index is 594. The first-order valence-electron chi connectivity index (χ1n) is 6.93. The number of aryl methyl sites for hydroxylation is 1. The molecule has 0 aliphatic rings. The van der Waals surface area contributed by atoms with E-state index in [9.17, 15) is 4.79 Å². The monoisotopic (exact) mass is 291 g/mol. The van der Waals surface area contributed by atoms with Crippen LogP contribution in [0, 0.1) is 6.92 Å². The van der Waals surface area contributed by atoms with Gasteiger partial charge in [0.25, 0.3) is 0 Å². The average molecular weight is 291 g/mol. The number of benzene rings is 1. The summed E-state index contributed by atoms with van der Waals surface area (Å²) in [6, 6.07) is 6.11. The first kappa shape index (κ1) is 14.9. The van der Waals surface area contributed by atoms with Crippen molar-refractivity contribution < 1.29 is 4.79 Å². The van der Waals surface area contributed by atoms with Gasteiger partial charge in [-0.05, 0) is 31.0 Å². The van der Waals surface area contributed by atoms with E-state index in [0.717, 1.165) is 35.6 Å². The van der Waals surface area contributed by atoms with E-state index in [1.807, 2.05) is 19.2 Å². The van der Waals surface area contributed by atoms with Gasteiger partial charge in [0, 0.05) is 13.6 Å². The summed E-state index contributed by atoms with van der Waals surface area (Å²) in [5.41, 5.74) is 3.18. The summed E-state index contributed by atoms with van der Waals surface area (Å²) in [5, 5.41) is 0.808. The van der Waals surface area contributed by atoms with Crippen molar-refractivity contribution in [1.29, 1.82) is 0 Å². The zero-order chi connectivity index (χ0) is 14.5. The fourth-order valence-electron chi connectivity index (χ4n) is 1.93. The molecule has 1 aromatic heterocycles. The van der Waals surface area contributed by atoms with Crippen molar-refractivity contribution in [3.63, 3.8) is 0 Å². The number of nitrogens with zero attached hydrogens (tertiary/aromatic N) is 2. The molecule has 0 saturated heterocycles. The molecule has 0 saturated carbocycles. The van der Waals surface area contributed by atoms with Crippen molar-refractivity contribution in [2.24, 2.45) is 0 Å². The number of thioether (sulfide) groups is 1. The van der Waals surface area contributed by atoms with Crippen LogP contribution in [0.3, 0.4) is 0 Å². The number of rotatable bonds is 6. The molecule has 0 aliphatic heterocycles. The highest BCUT2D eigenvalue weighted by Gasteiger charge is 2.10. The molecule has 1 heterocycles. The molecule has 2 aromatic rings. The number of unbranched alkanes of at least 4 members (excludes halogenated alkanes) is 1. The quantitative estimate of drug-likeness (QED) is 0.831. The maximum atomic E-state index is 12.0. The molecule has 0 aliphatic carbocycles. The molecule has 5 heteroatoms. The van der Waals surface area contributed by atoms with E-state index in [1.165, 1.54) is 17.3 Å². The predicted octanol–water partition coefficient (Wildman–Crippen LogP) is 3.22. The van der Waals surface area contributed by atoms with E-state index >= 15 is 0 Å². The lowest BCUT2D eigenvalue weighted by atomic mass is 10.2. The number of nitrogens with one attached hydrogen (secondary N) is 1. The molecule has 108 valence electrons. The summed E-state index contributed by atoms with van der Waals surface area (Å²) in [4.78, 5) is 21.5. The molecule has 0 fully saturated rings. The van der Waals surface area contributed by atoms with Crippen molar-refractivity contribution in [2.75, 3.05) is 19.3 Å². The van der Waals surface area contributed by atoms with E-state index in [0.29, 0.717) is 5.75 Å². The Morgan fingerprint density at radius 2 is 2.25 bits per heavy atom. The van der Waals surface area contributed by atoms with Crippen LogP contribution in [0.1, 0.15) is 25.3 Å². The summed E-state index contributed by atoms with van der Waals surface area (Å²) in [6.07, 6.45) is 2.16. The van der Waals surface area contributed by atoms with Gasteiger partial charge in [-0.25, -0.2) is 4.98 Å². The Morgan fingerprint density at radius 3 is 3.00 bits per heavy atom. The summed E-state index contributed by atoms with van der Waals surface area (Å²) in [7, 11) is 1.86. The van der Waals surface area contributed by atoms with Crippen LogP contribution in [0.2, 0.25) is 0 Å². The highest BCUT2D eigenvalue weighted by atomic mass is 32.2. The molecular formula is C15H21N3OS. The number of imidazole rings is 1. The third-order valence-electron chi connectivity index (χ3n) is 3.22. The number of aromatic nitrogens is 2. The van der Waals surface area contributed by atoms with Crippen molar-refractivity contribution in [1.82, 2.24) is 14.9 Å². The van der Waals surface area contributed by atoms with Crippen LogP contribution in [-0.2, 0) is 4.79 Å². The molecule has 0 spiro atoms. The molecule has 1 amide bonds. The second-order valence-electron chi connectivity index (χ2n) is 5.02. The molecule has 0 bridgehead atoms. The number of hydrogen-bond acceptors (Lipinski definition) is 3. The molecule has 0 radical (unpaired) electrons. The first-order chi connectivity index (χ1) is 9.60. The fourth-order valence-corrected chi connectivity index (χ4v) is 2.75. The van der Waals surface area contributed by atoms with Crippen molar-refractivity contribution >= 4 is 28.7 Å². The van der Waals surface area contributed by atoms with Gasteiger partial charge in [-0.2, -0.15) is 0 Å². The Balaban J connectivity index is 1.93. The minimum Gasteiger partial charge on any atom is -0.345 e. The molecule has 4 nitrogen and oxygen atoms in total. The summed E-state index contributed by atoms with van der Waals surface area (Å²) in [6.45, 7) is 5.01. The van der Waals surface area contributed by atoms with Crippen LogP contribution in [0.5, 0.6) is 0 Å². The summed E-state index contributed by atoms with van der Waals surface area (Å²) < 4.78 is 0. The van der Waals surface area contributed by atoms with Crippen LogP contribution >= 0.6 is 11.8 Å². The van der Waals surface area contributed by atoms with Gasteiger partial charge in [-0.1, -0.05) is 31.2 Å². The zero-order valence-electron chi connectivity index (χ0n) is 12.3. The molecule has 20 heavy (non-hydrogen) atoms. The van der Waals surface area contributed by atoms with E-state index in [4.69, 9.17) is 0 Å². The van der Waals surface area contributed by atoms with E-state index in [2.05, 4.69) is 29.9 Å². The lowest BCUT2D eigenvalue weighted by molar-refractivity contribution is -0.127. The molecule has 1 N–H and O–H groups in total. The Labute approximate surface area is 124 Å². The normalized spacial score (nSPS) is 10.9. The zero-order valence-corrected chi connectivity index (χ0v) is 13.1. The van der Waals surface area contributed by atoms with Crippen molar-refractivity contribution in [2.45, 2.75) is 31.8 Å². The second-order valence-corrected chi connectivity index (χ2v) is 5.98. The van der Waals surface area contributed by atoms with Gasteiger partial charge in [0.1, 0.15) is 0 Å². The van der Waals surface area contributed by atoms with Gasteiger partial charge in [-0.3, -0.25) is 4.79 Å². The number of H-pyrrole nitrogens is 1. The van der Waals surface area contributed by atoms with Gasteiger partial charge in [0.15, 0.2) is 5.16 Å². The van der Waals surface area contributed by atoms with Crippen LogP contribution in [0.4, 0.5) is 0 Å². The number of carbonyl (C=O) groups excluding carboxylic acids is 1. The van der Waals surface area contributed by atoms with E-state index < -0.39 is 0 Å². The van der Waals surface area contributed by atoms with Gasteiger partial charge >= 0.3 is 0 Å². The van der Waals surface area contributed by atoms with Gasteiger partial charge in [0.2, 0.25) is 5.91 Å². The summed E-state index contributed by atoms with van der Waals surface area (Å²) >= 11 is 1.46. The second kappa shape index (κ2) is 6.79. The average Bonchev–Trinajstić information content (AvgIpc) is 2.83. The Kier molecular flexibility index (Phi) is 5.06. The number of aromatic amines is 1. The SMILES string of the molecule is CCCCN(C)C(=O)CSc1nc2ccc(C)cc2[nH]1. The van der Waals surface area contributed by atoms with Crippen LogP contribution in [0.25, 0.3) is 11.0 Å². The molecule has 0 atom stereocenters. The molecule has 0 unspecified atom stereocenters. The van der Waals surface area contributed by atoms with Gasteiger partial charge in [0.05, 0.1) is 16.8 Å². The lowest BCUT2D eigenvalue weighted by Crippen LogP contribution is -2.29. The van der Waals surface area contributed by atoms with Crippen molar-refractivity contribution in [3.8, 4) is 0 Å². The molecule has 2 rings (SSSR count). The van der Waals surface area contributed by atoms with Crippen LogP contribution < -0.4 is 0 Å². The maximum Gasteiger partial charge on any atom is 0.232 e. The fraction of sp³-hybridized carbons (Fsp3) is 0.467. The standard InChI is InChI=1S/C15H21N3OS/c1-4-5-8-18(3)14(19)10-20-15-16-12-7-6-11(2)9-13(12)17-15/h6-7,9H,4-5,8,10H2,1-3H3,(H,16,17). The number of fused-ring (bicyclic) bond motifs is 1. The Hall–Kier alpha value is -1.49. The molecular weight excluding hydrogens is 270 g/mol. The third-order valence-corrected chi connectivity index (χ3v) is 4.08. The highest BCUT2D eigenvalue weighted by molar-refractivity contribution is 7.99. The smallest absolute Gasteiger partial charge is 0.232 e. The third kappa shape index (κ3) is 3.76. The minimum atomic E-state index is 0.153. The summed E-state index contributed by atoms with van der Waals surface area (Å²) in [5.74, 6) is 0.582. The van der Waals surface area contributed by atoms with Gasteiger partial charge < -0.3 is 9.88 Å². The largest absolute Gasteiger partial charge is 0.345 e. The Morgan fingerprint density at radius 1 is 1.45 bits per heavy atom. The lowest BCUT2D eigenvalue weighted by Gasteiger charge is -2.15. The minimum absolute atomic E-state index is 0.153. The topological polar surface area (TPSA) is 49.0 Å². The number of hydrogen-bond donors (Lipinski definition) is 1. The maximum absolute atomic E-state index is 12.0. The van der Waals surface area contributed by atoms with Crippen LogP contribution in [-0.4, -0.2) is 40.1 Å². The number of amides is 1. The van der Waals surface area contributed by atoms with E-state index in [-0.39, 0.29) is 5.91 Å². The molecule has 1 aromatic carbocycles. The predicted molar refractivity (Wildman–Crippen MR) is 84.1 cm³/mol. The highest BCUT2D eigenvalue weighted by Crippen LogP contribution is 2.20. The van der Waals surface area contributed by atoms with Crippen LogP contribution in [0.15, 0.2) is 23.4 Å².